The zero-order chi connectivity index (χ0) is 12.1. The molecule has 0 aliphatic carbocycles. The molecule has 0 aromatic heterocycles. The fraction of sp³-hybridized carbons (Fsp3) is 0.833. The number of hydrogen-bond acceptors (Lipinski definition) is 2. The minimum absolute atomic E-state index is 0.198. The first kappa shape index (κ1) is 14.7. The van der Waals surface area contributed by atoms with E-state index in [9.17, 15) is 5.11 Å². The quantitative estimate of drug-likeness (QED) is 0.592. The van der Waals surface area contributed by atoms with E-state index >= 15 is 0 Å². The van der Waals surface area contributed by atoms with Crippen LogP contribution >= 0.6 is 0 Å². The van der Waals surface area contributed by atoms with Crippen molar-refractivity contribution in [3.63, 3.8) is 0 Å². The van der Waals surface area contributed by atoms with Gasteiger partial charge in [0.05, 0.1) is 12.7 Å². The standard InChI is InChI=1S/C12H24O2Si/c1-7-8-9-11(13)10-14-15(5,6)12(2,3)4/h11,13H,9-10H2,1-6H3. The molecule has 1 unspecified atom stereocenters. The second-order valence-corrected chi connectivity index (χ2v) is 10.2. The van der Waals surface area contributed by atoms with E-state index in [0.29, 0.717) is 13.0 Å². The third-order valence-corrected chi connectivity index (χ3v) is 7.46. The second-order valence-electron chi connectivity index (χ2n) is 5.36. The Morgan fingerprint density at radius 1 is 1.33 bits per heavy atom. The highest BCUT2D eigenvalue weighted by atomic mass is 28.4. The fourth-order valence-electron chi connectivity index (χ4n) is 0.800. The van der Waals surface area contributed by atoms with Crippen LogP contribution in [0.25, 0.3) is 0 Å². The van der Waals surface area contributed by atoms with Gasteiger partial charge in [-0.3, -0.25) is 0 Å². The summed E-state index contributed by atoms with van der Waals surface area (Å²) >= 11 is 0. The summed E-state index contributed by atoms with van der Waals surface area (Å²) < 4.78 is 5.87. The number of rotatable bonds is 4. The molecule has 1 N–H and O–H groups in total. The topological polar surface area (TPSA) is 29.5 Å². The molecule has 0 spiro atoms. The van der Waals surface area contributed by atoms with Crippen LogP contribution in [0.1, 0.15) is 34.1 Å². The van der Waals surface area contributed by atoms with Crippen LogP contribution in [-0.4, -0.2) is 26.1 Å². The average Bonchev–Trinajstić information content (AvgIpc) is 2.09. The van der Waals surface area contributed by atoms with Crippen molar-refractivity contribution >= 4 is 8.32 Å². The van der Waals surface area contributed by atoms with Crippen LogP contribution in [-0.2, 0) is 4.43 Å². The number of aliphatic hydroxyl groups is 1. The molecule has 0 saturated carbocycles. The first-order chi connectivity index (χ1) is 6.70. The molecule has 0 aliphatic heterocycles. The molecule has 3 heteroatoms. The van der Waals surface area contributed by atoms with Gasteiger partial charge in [-0.05, 0) is 25.1 Å². The molecular formula is C12H24O2Si. The Kier molecular flexibility index (Phi) is 5.58. The lowest BCUT2D eigenvalue weighted by Gasteiger charge is -2.36. The van der Waals surface area contributed by atoms with Gasteiger partial charge in [-0.25, -0.2) is 0 Å². The Labute approximate surface area is 95.2 Å². The summed E-state index contributed by atoms with van der Waals surface area (Å²) in [5.41, 5.74) is 0. The van der Waals surface area contributed by atoms with E-state index in [2.05, 4.69) is 45.7 Å². The van der Waals surface area contributed by atoms with Gasteiger partial charge in [0.1, 0.15) is 0 Å². The summed E-state index contributed by atoms with van der Waals surface area (Å²) in [6.45, 7) is 13.1. The summed E-state index contributed by atoms with van der Waals surface area (Å²) in [7, 11) is -1.72. The van der Waals surface area contributed by atoms with Crippen LogP contribution in [0.15, 0.2) is 0 Å². The molecule has 0 rings (SSSR count). The maximum atomic E-state index is 9.60. The zero-order valence-electron chi connectivity index (χ0n) is 10.8. The molecule has 0 aliphatic rings. The third kappa shape index (κ3) is 5.36. The minimum atomic E-state index is -1.72. The van der Waals surface area contributed by atoms with Gasteiger partial charge in [0.2, 0.25) is 0 Å². The summed E-state index contributed by atoms with van der Waals surface area (Å²) in [5, 5.41) is 9.80. The van der Waals surface area contributed by atoms with Gasteiger partial charge in [-0.2, -0.15) is 0 Å². The van der Waals surface area contributed by atoms with E-state index in [4.69, 9.17) is 4.43 Å². The van der Waals surface area contributed by atoms with Gasteiger partial charge < -0.3 is 9.53 Å². The minimum Gasteiger partial charge on any atom is -0.414 e. The SMILES string of the molecule is CC#CCC(O)CO[Si](C)(C)C(C)(C)C. The Hall–Kier alpha value is -0.303. The first-order valence-electron chi connectivity index (χ1n) is 5.42. The molecule has 1 atom stereocenters. The maximum absolute atomic E-state index is 9.60. The molecule has 0 heterocycles. The molecule has 15 heavy (non-hydrogen) atoms. The molecule has 88 valence electrons. The van der Waals surface area contributed by atoms with E-state index in [1.165, 1.54) is 0 Å². The fourth-order valence-corrected chi connectivity index (χ4v) is 1.84. The molecule has 2 nitrogen and oxygen atoms in total. The van der Waals surface area contributed by atoms with Crippen molar-refractivity contribution < 1.29 is 9.53 Å². The Morgan fingerprint density at radius 3 is 2.27 bits per heavy atom. The van der Waals surface area contributed by atoms with Crippen molar-refractivity contribution in [2.45, 2.75) is 58.4 Å². The average molecular weight is 228 g/mol. The summed E-state index contributed by atoms with van der Waals surface area (Å²) in [5.74, 6) is 5.63. The van der Waals surface area contributed by atoms with Gasteiger partial charge in [0.25, 0.3) is 0 Å². The highest BCUT2D eigenvalue weighted by molar-refractivity contribution is 6.74. The van der Waals surface area contributed by atoms with Crippen LogP contribution in [0, 0.1) is 11.8 Å². The lowest BCUT2D eigenvalue weighted by Crippen LogP contribution is -2.42. The second kappa shape index (κ2) is 5.69. The first-order valence-corrected chi connectivity index (χ1v) is 8.33. The van der Waals surface area contributed by atoms with Gasteiger partial charge in [-0.15, -0.1) is 11.8 Å². The van der Waals surface area contributed by atoms with E-state index in [1.54, 1.807) is 6.92 Å². The normalized spacial score (nSPS) is 14.3. The summed E-state index contributed by atoms with van der Waals surface area (Å²) in [6, 6.07) is 0. The van der Waals surface area contributed by atoms with Crippen molar-refractivity contribution in [3.05, 3.63) is 0 Å². The summed E-state index contributed by atoms with van der Waals surface area (Å²) in [4.78, 5) is 0. The van der Waals surface area contributed by atoms with Crippen LogP contribution in [0.4, 0.5) is 0 Å². The van der Waals surface area contributed by atoms with Gasteiger partial charge in [0, 0.05) is 6.42 Å². The third-order valence-electron chi connectivity index (χ3n) is 2.96. The van der Waals surface area contributed by atoms with E-state index in [0.717, 1.165) is 0 Å². The number of aliphatic hydroxyl groups excluding tert-OH is 1. The predicted octanol–water partition coefficient (Wildman–Crippen LogP) is 2.78. The van der Waals surface area contributed by atoms with E-state index in [1.807, 2.05) is 0 Å². The molecular weight excluding hydrogens is 204 g/mol. The van der Waals surface area contributed by atoms with Crippen LogP contribution in [0.2, 0.25) is 18.1 Å². The van der Waals surface area contributed by atoms with Crippen molar-refractivity contribution in [1.29, 1.82) is 0 Å². The smallest absolute Gasteiger partial charge is 0.192 e. The van der Waals surface area contributed by atoms with Crippen LogP contribution < -0.4 is 0 Å². The monoisotopic (exact) mass is 228 g/mol. The van der Waals surface area contributed by atoms with Crippen molar-refractivity contribution in [2.24, 2.45) is 0 Å². The molecule has 0 radical (unpaired) electrons. The highest BCUT2D eigenvalue weighted by Crippen LogP contribution is 2.36. The van der Waals surface area contributed by atoms with Crippen molar-refractivity contribution in [2.75, 3.05) is 6.61 Å². The van der Waals surface area contributed by atoms with Gasteiger partial charge >= 0.3 is 0 Å². The van der Waals surface area contributed by atoms with Crippen LogP contribution in [0.3, 0.4) is 0 Å². The molecule has 0 saturated heterocycles. The molecule has 0 amide bonds. The lowest BCUT2D eigenvalue weighted by atomic mass is 10.2. The summed E-state index contributed by atoms with van der Waals surface area (Å²) in [6.07, 6.45) is 0.0528. The predicted molar refractivity (Wildman–Crippen MR) is 67.2 cm³/mol. The zero-order valence-corrected chi connectivity index (χ0v) is 11.8. The van der Waals surface area contributed by atoms with Gasteiger partial charge in [0.15, 0.2) is 8.32 Å². The van der Waals surface area contributed by atoms with Crippen molar-refractivity contribution in [1.82, 2.24) is 0 Å². The molecule has 0 bridgehead atoms. The maximum Gasteiger partial charge on any atom is 0.192 e. The van der Waals surface area contributed by atoms with Crippen LogP contribution in [0.5, 0.6) is 0 Å². The molecule has 0 fully saturated rings. The Bertz CT molecular complexity index is 243. The van der Waals surface area contributed by atoms with E-state index in [-0.39, 0.29) is 5.04 Å². The van der Waals surface area contributed by atoms with Gasteiger partial charge in [-0.1, -0.05) is 20.8 Å². The molecule has 0 aromatic rings. The van der Waals surface area contributed by atoms with E-state index < -0.39 is 14.4 Å². The Balaban J connectivity index is 4.08. The highest BCUT2D eigenvalue weighted by Gasteiger charge is 2.37. The Morgan fingerprint density at radius 2 is 1.87 bits per heavy atom. The largest absolute Gasteiger partial charge is 0.414 e. The lowest BCUT2D eigenvalue weighted by molar-refractivity contribution is 0.104. The molecule has 0 aromatic carbocycles. The van der Waals surface area contributed by atoms with Crippen molar-refractivity contribution in [3.8, 4) is 11.8 Å². The number of hydrogen-bond donors (Lipinski definition) is 1.